The van der Waals surface area contributed by atoms with Crippen LogP contribution in [0.3, 0.4) is 0 Å². The van der Waals surface area contributed by atoms with Gasteiger partial charge in [-0.15, -0.1) is 15.3 Å². The summed E-state index contributed by atoms with van der Waals surface area (Å²) >= 11 is 1.21. The van der Waals surface area contributed by atoms with Gasteiger partial charge in [-0.25, -0.2) is 37.5 Å². The molecule has 0 bridgehead atoms. The van der Waals surface area contributed by atoms with Gasteiger partial charge >= 0.3 is 6.01 Å². The normalized spacial score (nSPS) is 17.9. The molecule has 42 heteroatoms. The quantitative estimate of drug-likeness (QED) is 0.0225. The van der Waals surface area contributed by atoms with E-state index in [4.69, 9.17) is 27.4 Å². The van der Waals surface area contributed by atoms with Crippen LogP contribution in [0, 0.1) is 74.6 Å². The van der Waals surface area contributed by atoms with Gasteiger partial charge in [-0.2, -0.15) is 10.2 Å². The first kappa shape index (κ1) is 107. The van der Waals surface area contributed by atoms with E-state index in [2.05, 4.69) is 50.5 Å². The van der Waals surface area contributed by atoms with E-state index in [-0.39, 0.29) is 104 Å². The Morgan fingerprint density at radius 3 is 1.03 bits per heavy atom. The van der Waals surface area contributed by atoms with Crippen LogP contribution in [-0.2, 0) is 97.3 Å². The number of aryl methyl sites for hydroxylation is 6. The van der Waals surface area contributed by atoms with Gasteiger partial charge in [0.15, 0.2) is 0 Å². The first-order chi connectivity index (χ1) is 69.6. The fourth-order valence-corrected chi connectivity index (χ4v) is 19.6. The average Bonchev–Trinajstić information content (AvgIpc) is 0.916. The SMILES string of the molecule is CC[C@@H](CC(=O)N1C(=O)[C@H](Cc2cc(C)nc(N)c2)[C@H]1C(=O)N(C)c1cnn(C)c1)c1cc(F)cc(F)c1.CC[C@@H](CC(=O)N1C(=O)[C@H](Cc2cc(C)nc(N)c2)[C@H]1C(=O)N(C)c1cnn(C)c1)c1ccc(F)cc1F.CC[C@@H](CC(=O)N1C(=O)[C@H](Cc2cc(C)nc(N)c2)[C@H]1C(=O)N(C)c1nnco1)c1ccccc1.CC[C@@H](CC(=O)N1C(=O)[C@H](Cc2cc(C)nc(N)c2)[C@H]1C(=O)N(C)c1nncs1)c1ccccc1. The van der Waals surface area contributed by atoms with Crippen molar-refractivity contribution in [1.29, 1.82) is 0 Å². The molecular formula is C104H116F4N24O13S. The molecule has 4 fully saturated rings. The van der Waals surface area contributed by atoms with Gasteiger partial charge in [-0.1, -0.05) is 111 Å². The van der Waals surface area contributed by atoms with Crippen LogP contribution in [0.25, 0.3) is 0 Å². The number of likely N-dealkylation sites (N-methyl/N-ethyl adjacent to an activating group) is 4. The highest BCUT2D eigenvalue weighted by atomic mass is 32.1. The number of pyridine rings is 4. The van der Waals surface area contributed by atoms with Gasteiger partial charge in [0.2, 0.25) is 58.8 Å². The maximum absolute atomic E-state index is 14.5. The minimum atomic E-state index is -1.06. The Hall–Kier alpha value is -16.0. The molecule has 0 unspecified atom stereocenters. The number of aromatic nitrogens is 12. The van der Waals surface area contributed by atoms with Gasteiger partial charge in [0.25, 0.3) is 23.6 Å². The lowest BCUT2D eigenvalue weighted by Crippen LogP contribution is -2.69. The second kappa shape index (κ2) is 47.0. The van der Waals surface area contributed by atoms with Crippen LogP contribution in [0.1, 0.15) is 170 Å². The molecule has 146 heavy (non-hydrogen) atoms. The van der Waals surface area contributed by atoms with E-state index in [0.29, 0.717) is 75.3 Å². The Morgan fingerprint density at radius 1 is 0.397 bits per heavy atom. The van der Waals surface area contributed by atoms with Gasteiger partial charge in [-0.05, 0) is 214 Å². The van der Waals surface area contributed by atoms with Crippen molar-refractivity contribution in [3.8, 4) is 0 Å². The number of imide groups is 4. The highest BCUT2D eigenvalue weighted by Crippen LogP contribution is 2.43. The molecule has 4 saturated heterocycles. The molecule has 4 aliphatic heterocycles. The molecule has 4 aliphatic rings. The number of nitrogen functional groups attached to an aromatic ring is 4. The molecule has 12 amide bonds. The number of benzene rings is 4. The zero-order chi connectivity index (χ0) is 106. The first-order valence-corrected chi connectivity index (χ1v) is 48.4. The summed E-state index contributed by atoms with van der Waals surface area (Å²) in [6, 6.07) is 35.6. The molecular weight excluding hydrogens is 1900 g/mol. The summed E-state index contributed by atoms with van der Waals surface area (Å²) in [5.74, 6) is -11.3. The molecule has 0 radical (unpaired) electrons. The van der Waals surface area contributed by atoms with Crippen LogP contribution in [0.15, 0.2) is 187 Å². The number of carbonyl (C=O) groups excluding carboxylic acids is 12. The fraction of sp³-hybridized carbons (Fsp3) is 0.365. The van der Waals surface area contributed by atoms with Crippen molar-refractivity contribution in [3.05, 3.63) is 273 Å². The average molecular weight is 2020 g/mol. The number of carbonyl (C=O) groups is 12. The number of hydrogen-bond donors (Lipinski definition) is 4. The number of β-lactam (4-membered cyclic amide) rings is 4. The first-order valence-electron chi connectivity index (χ1n) is 47.5. The van der Waals surface area contributed by atoms with E-state index < -0.39 is 124 Å². The Bertz CT molecular complexity index is 6530. The molecule has 0 saturated carbocycles. The number of amides is 12. The predicted octanol–water partition coefficient (Wildman–Crippen LogP) is 11.7. The third-order valence-corrected chi connectivity index (χ3v) is 27.4. The van der Waals surface area contributed by atoms with Crippen LogP contribution >= 0.6 is 11.3 Å². The molecule has 12 aromatic rings. The van der Waals surface area contributed by atoms with E-state index >= 15 is 0 Å². The molecule has 12 atom stereocenters. The van der Waals surface area contributed by atoms with Gasteiger partial charge in [0.1, 0.15) is 76.2 Å². The maximum atomic E-state index is 14.5. The summed E-state index contributed by atoms with van der Waals surface area (Å²) in [5.41, 5.74) is 34.4. The smallest absolute Gasteiger partial charge is 0.324 e. The monoisotopic (exact) mass is 2020 g/mol. The van der Waals surface area contributed by atoms with E-state index in [9.17, 15) is 75.1 Å². The molecule has 8 N–H and O–H groups in total. The summed E-state index contributed by atoms with van der Waals surface area (Å²) < 4.78 is 63.8. The van der Waals surface area contributed by atoms with E-state index in [0.717, 1.165) is 96.1 Å². The van der Waals surface area contributed by atoms with Crippen molar-refractivity contribution >= 4 is 128 Å². The molecule has 37 nitrogen and oxygen atoms in total. The standard InChI is InChI=1S/2C27H30F2N6O3.C25H28N6O4.C25H28N6O3S/c1-5-17(18-9-19(28)12-20(29)10-18)11-24(36)35-25(27(38)34(4)21-13-31-33(3)14-21)22(26(35)37)7-16-6-15(2)32-23(30)8-16;1-5-17(20-7-6-18(28)12-22(20)29)11-24(36)35-25(27(38)34(4)19-13-31-33(3)14-19)21(26(35)37)9-16-8-15(2)32-23(30)10-16;2*1-4-17(18-8-6-5-7-9-18)13-21(32)31-22(24(34)30(3)25-29-27-14-35-25)19(23(31)33)11-16-10-15(2)28-20(26)12-16/h6,8-10,12-14,17,22,25H,5,7,11H2,1-4H3,(H2,30,32);6-8,10,12-14,17,21,25H,5,9,11H2,1-4H3,(H2,30,32);2*5-10,12,14,17,19,22H,4,11,13H2,1-3H3,(H2,26,28)/t17-,22+,25-;17-,21+,25-;2*17-,19+,22-/m0000/s1. The highest BCUT2D eigenvalue weighted by Gasteiger charge is 2.60. The van der Waals surface area contributed by atoms with E-state index in [1.165, 1.54) is 83.5 Å². The van der Waals surface area contributed by atoms with Crippen molar-refractivity contribution in [2.45, 2.75) is 180 Å². The Morgan fingerprint density at radius 2 is 0.733 bits per heavy atom. The summed E-state index contributed by atoms with van der Waals surface area (Å²) in [6.45, 7) is 14.7. The molecule has 8 aromatic heterocycles. The number of nitrogens with zero attached hydrogens (tertiary/aromatic N) is 20. The Labute approximate surface area is 844 Å². The van der Waals surface area contributed by atoms with Gasteiger partial charge in [0, 0.05) is 115 Å². The zero-order valence-corrected chi connectivity index (χ0v) is 84.0. The molecule has 0 spiro atoms. The van der Waals surface area contributed by atoms with Crippen LogP contribution in [0.5, 0.6) is 0 Å². The summed E-state index contributed by atoms with van der Waals surface area (Å²) in [6.07, 6.45) is 10.5. The zero-order valence-electron chi connectivity index (χ0n) is 83.2. The topological polar surface area (TPSA) is 487 Å². The van der Waals surface area contributed by atoms with E-state index in [1.54, 1.807) is 119 Å². The minimum absolute atomic E-state index is 0.0137. The van der Waals surface area contributed by atoms with Crippen molar-refractivity contribution in [1.82, 2.24) is 79.5 Å². The van der Waals surface area contributed by atoms with E-state index in [1.807, 2.05) is 93.6 Å². The summed E-state index contributed by atoms with van der Waals surface area (Å²) in [4.78, 5) is 187. The number of nitrogens with two attached hydrogens (primary N) is 4. The van der Waals surface area contributed by atoms with Gasteiger partial charge < -0.3 is 37.2 Å². The number of hydrogen-bond acceptors (Lipinski definition) is 28. The summed E-state index contributed by atoms with van der Waals surface area (Å²) in [5, 5.41) is 23.7. The number of likely N-dealkylation sites (tertiary alicyclic amines) is 4. The fourth-order valence-electron chi connectivity index (χ4n) is 19.1. The lowest BCUT2D eigenvalue weighted by atomic mass is 9.80. The highest BCUT2D eigenvalue weighted by molar-refractivity contribution is 7.13. The Balaban J connectivity index is 0.000000163. The number of anilines is 8. The van der Waals surface area contributed by atoms with Crippen LogP contribution in [0.2, 0.25) is 0 Å². The molecule has 0 aliphatic carbocycles. The predicted molar refractivity (Wildman–Crippen MR) is 535 cm³/mol. The van der Waals surface area contributed by atoms with Crippen LogP contribution in [0.4, 0.5) is 63.4 Å². The van der Waals surface area contributed by atoms with Crippen molar-refractivity contribution in [2.24, 2.45) is 37.8 Å². The van der Waals surface area contributed by atoms with Crippen LogP contribution < -0.4 is 42.5 Å². The molecule has 16 rings (SSSR count). The second-order valence-corrected chi connectivity index (χ2v) is 37.6. The third-order valence-electron chi connectivity index (χ3n) is 26.6. The minimum Gasteiger partial charge on any atom is -0.411 e. The number of halogens is 4. The lowest BCUT2D eigenvalue weighted by molar-refractivity contribution is -0.171. The third kappa shape index (κ3) is 24.7. The largest absolute Gasteiger partial charge is 0.411 e. The van der Waals surface area contributed by atoms with Gasteiger partial charge in [0.05, 0.1) is 47.4 Å². The maximum Gasteiger partial charge on any atom is 0.324 e. The van der Waals surface area contributed by atoms with Crippen molar-refractivity contribution in [2.75, 3.05) is 70.7 Å². The molecule has 764 valence electrons. The van der Waals surface area contributed by atoms with Crippen molar-refractivity contribution in [3.63, 3.8) is 0 Å². The summed E-state index contributed by atoms with van der Waals surface area (Å²) in [7, 11) is 9.59. The van der Waals surface area contributed by atoms with Crippen LogP contribution in [-0.4, -0.2) is 203 Å². The molecule has 12 heterocycles. The van der Waals surface area contributed by atoms with Gasteiger partial charge in [-0.3, -0.25) is 96.3 Å². The second-order valence-electron chi connectivity index (χ2n) is 36.8. The number of rotatable bonds is 32. The lowest BCUT2D eigenvalue weighted by Gasteiger charge is -2.46. The molecule has 4 aromatic carbocycles. The van der Waals surface area contributed by atoms with Crippen molar-refractivity contribution < 1.29 is 79.5 Å². The Kier molecular flexibility index (Phi) is 34.5.